The van der Waals surface area contributed by atoms with Gasteiger partial charge in [0.15, 0.2) is 0 Å². The number of phenolic OH excluding ortho intramolecular Hbond substituents is 1. The highest BCUT2D eigenvalue weighted by molar-refractivity contribution is 7.48. The second-order valence-electron chi connectivity index (χ2n) is 8.46. The van der Waals surface area contributed by atoms with E-state index in [1.165, 1.54) is 16.4 Å². The molecule has 0 aliphatic heterocycles. The first-order chi connectivity index (χ1) is 12.1. The Morgan fingerprint density at radius 1 is 1.04 bits per heavy atom. The molecule has 0 saturated carbocycles. The van der Waals surface area contributed by atoms with Crippen molar-refractivity contribution in [3.63, 3.8) is 0 Å². The van der Waals surface area contributed by atoms with E-state index in [1.54, 1.807) is 0 Å². The summed E-state index contributed by atoms with van der Waals surface area (Å²) in [6.45, 7) is 14.0. The van der Waals surface area contributed by atoms with Crippen LogP contribution in [-0.2, 0) is 17.1 Å². The molecule has 2 atom stereocenters. The molecule has 0 aromatic heterocycles. The molecule has 0 heterocycles. The largest absolute Gasteiger partial charge is 0.507 e. The summed E-state index contributed by atoms with van der Waals surface area (Å²) < 4.78 is 0. The minimum Gasteiger partial charge on any atom is -0.507 e. The van der Waals surface area contributed by atoms with Gasteiger partial charge in [-0.05, 0) is 42.2 Å². The smallest absolute Gasteiger partial charge is 0.123 e. The molecular formula is C23H34NOP. The lowest BCUT2D eigenvalue weighted by atomic mass is 9.82. The van der Waals surface area contributed by atoms with Crippen molar-refractivity contribution >= 4 is 13.9 Å². The number of benzene rings is 2. The van der Waals surface area contributed by atoms with E-state index in [4.69, 9.17) is 0 Å². The summed E-state index contributed by atoms with van der Waals surface area (Å²) in [5, 5.41) is 15.7. The van der Waals surface area contributed by atoms with E-state index in [2.05, 4.69) is 83.3 Å². The van der Waals surface area contributed by atoms with Crippen LogP contribution in [-0.4, -0.2) is 12.2 Å². The van der Waals surface area contributed by atoms with Gasteiger partial charge in [-0.1, -0.05) is 85.2 Å². The second kappa shape index (κ2) is 8.11. The minimum absolute atomic E-state index is 0.0767. The number of phenols is 1. The maximum absolute atomic E-state index is 11.2. The molecule has 26 heavy (non-hydrogen) atoms. The summed E-state index contributed by atoms with van der Waals surface area (Å²) in [6.07, 6.45) is 0.986. The van der Waals surface area contributed by atoms with Gasteiger partial charge < -0.3 is 10.4 Å². The van der Waals surface area contributed by atoms with E-state index in [-0.39, 0.29) is 10.6 Å². The fourth-order valence-electron chi connectivity index (χ4n) is 3.40. The lowest BCUT2D eigenvalue weighted by Crippen LogP contribution is -2.23. The topological polar surface area (TPSA) is 32.3 Å². The normalized spacial score (nSPS) is 14.7. The van der Waals surface area contributed by atoms with E-state index in [0.717, 1.165) is 24.1 Å². The molecule has 0 amide bonds. The summed E-state index contributed by atoms with van der Waals surface area (Å²) in [6, 6.07) is 13.0. The maximum Gasteiger partial charge on any atom is 0.123 e. The zero-order valence-corrected chi connectivity index (χ0v) is 18.3. The fourth-order valence-corrected chi connectivity index (χ4v) is 5.01. The second-order valence-corrected chi connectivity index (χ2v) is 10.3. The van der Waals surface area contributed by atoms with Crippen LogP contribution >= 0.6 is 8.58 Å². The SMILES string of the molecule is CCC(C)(Pc1ccccc1CNC)c1cc(C)cc(C(C)(C)C)c1O. The van der Waals surface area contributed by atoms with Gasteiger partial charge in [0.25, 0.3) is 0 Å². The first-order valence-electron chi connectivity index (χ1n) is 9.47. The quantitative estimate of drug-likeness (QED) is 0.671. The third-order valence-electron chi connectivity index (χ3n) is 5.16. The van der Waals surface area contributed by atoms with Crippen molar-refractivity contribution in [2.75, 3.05) is 7.05 Å². The van der Waals surface area contributed by atoms with Crippen molar-refractivity contribution in [1.29, 1.82) is 0 Å². The molecular weight excluding hydrogens is 337 g/mol. The van der Waals surface area contributed by atoms with Crippen LogP contribution < -0.4 is 10.6 Å². The van der Waals surface area contributed by atoms with Crippen LogP contribution in [0.15, 0.2) is 36.4 Å². The monoisotopic (exact) mass is 371 g/mol. The molecule has 2 aromatic carbocycles. The summed E-state index contributed by atoms with van der Waals surface area (Å²) in [5.41, 5.74) is 4.61. The lowest BCUT2D eigenvalue weighted by Gasteiger charge is -2.33. The van der Waals surface area contributed by atoms with Crippen LogP contribution in [0.25, 0.3) is 0 Å². The van der Waals surface area contributed by atoms with Crippen molar-refractivity contribution in [3.8, 4) is 5.75 Å². The Labute approximate surface area is 161 Å². The molecule has 0 aliphatic rings. The fraction of sp³-hybridized carbons (Fsp3) is 0.478. The molecule has 0 fully saturated rings. The van der Waals surface area contributed by atoms with Gasteiger partial charge >= 0.3 is 0 Å². The maximum atomic E-state index is 11.2. The Morgan fingerprint density at radius 2 is 1.65 bits per heavy atom. The van der Waals surface area contributed by atoms with Crippen LogP contribution in [0.3, 0.4) is 0 Å². The molecule has 2 nitrogen and oxygen atoms in total. The van der Waals surface area contributed by atoms with Gasteiger partial charge in [-0.2, -0.15) is 0 Å². The van der Waals surface area contributed by atoms with Gasteiger partial charge in [-0.25, -0.2) is 0 Å². The third kappa shape index (κ3) is 4.48. The standard InChI is InChI=1S/C23H34NOP/c1-8-23(6,26-20-12-10-9-11-17(20)15-24-7)19-14-16(2)13-18(21(19)25)22(3,4)5/h9-14,24-26H,8,15H2,1-7H3. The molecule has 2 aromatic rings. The number of hydrogen-bond donors (Lipinski definition) is 2. The Morgan fingerprint density at radius 3 is 2.23 bits per heavy atom. The van der Waals surface area contributed by atoms with Gasteiger partial charge in [-0.3, -0.25) is 0 Å². The first-order valence-corrected chi connectivity index (χ1v) is 10.5. The van der Waals surface area contributed by atoms with Crippen molar-refractivity contribution in [1.82, 2.24) is 5.32 Å². The lowest BCUT2D eigenvalue weighted by molar-refractivity contribution is 0.430. The summed E-state index contributed by atoms with van der Waals surface area (Å²) in [5.74, 6) is 0.478. The highest BCUT2D eigenvalue weighted by Gasteiger charge is 2.32. The molecule has 3 heteroatoms. The van der Waals surface area contributed by atoms with E-state index < -0.39 is 0 Å². The minimum atomic E-state index is -0.0834. The molecule has 142 valence electrons. The molecule has 0 radical (unpaired) electrons. The van der Waals surface area contributed by atoms with Crippen molar-refractivity contribution in [3.05, 3.63) is 58.7 Å². The summed E-state index contributed by atoms with van der Waals surface area (Å²) >= 11 is 0. The van der Waals surface area contributed by atoms with Crippen LogP contribution in [0.4, 0.5) is 0 Å². The van der Waals surface area contributed by atoms with Crippen LogP contribution in [0.5, 0.6) is 5.75 Å². The van der Waals surface area contributed by atoms with Crippen molar-refractivity contribution < 1.29 is 5.11 Å². The Hall–Kier alpha value is -1.37. The van der Waals surface area contributed by atoms with E-state index in [0.29, 0.717) is 14.3 Å². The van der Waals surface area contributed by atoms with E-state index in [1.807, 2.05) is 7.05 Å². The number of hydrogen-bond acceptors (Lipinski definition) is 2. The zero-order chi connectivity index (χ0) is 19.5. The predicted molar refractivity (Wildman–Crippen MR) is 116 cm³/mol. The van der Waals surface area contributed by atoms with Crippen molar-refractivity contribution in [2.24, 2.45) is 0 Å². The highest BCUT2D eigenvalue weighted by Crippen LogP contribution is 2.49. The van der Waals surface area contributed by atoms with Gasteiger partial charge in [0.2, 0.25) is 0 Å². The van der Waals surface area contributed by atoms with Gasteiger partial charge in [0.1, 0.15) is 5.75 Å². The molecule has 0 spiro atoms. The number of aryl methyl sites for hydroxylation is 1. The first kappa shape index (κ1) is 20.9. The number of rotatable bonds is 6. The average Bonchev–Trinajstić information content (AvgIpc) is 2.57. The third-order valence-corrected chi connectivity index (χ3v) is 7.09. The van der Waals surface area contributed by atoms with E-state index >= 15 is 0 Å². The molecule has 0 bridgehead atoms. The highest BCUT2D eigenvalue weighted by atomic mass is 31.1. The molecule has 0 aliphatic carbocycles. The molecule has 2 unspecified atom stereocenters. The zero-order valence-electron chi connectivity index (χ0n) is 17.3. The Balaban J connectivity index is 2.56. The molecule has 0 saturated heterocycles. The number of nitrogens with one attached hydrogen (secondary N) is 1. The van der Waals surface area contributed by atoms with Crippen molar-refractivity contribution in [2.45, 2.75) is 65.1 Å². The van der Waals surface area contributed by atoms with Gasteiger partial charge in [0, 0.05) is 17.3 Å². The van der Waals surface area contributed by atoms with Gasteiger partial charge in [0.05, 0.1) is 0 Å². The van der Waals surface area contributed by atoms with Crippen LogP contribution in [0.2, 0.25) is 0 Å². The predicted octanol–water partition coefficient (Wildman–Crippen LogP) is 5.35. The average molecular weight is 372 g/mol. The van der Waals surface area contributed by atoms with Crippen LogP contribution in [0.1, 0.15) is 63.3 Å². The number of aromatic hydroxyl groups is 1. The summed E-state index contributed by atoms with van der Waals surface area (Å²) in [7, 11) is 2.59. The summed E-state index contributed by atoms with van der Waals surface area (Å²) in [4.78, 5) is 0. The van der Waals surface area contributed by atoms with E-state index in [9.17, 15) is 5.11 Å². The molecule has 2 rings (SSSR count). The molecule has 2 N–H and O–H groups in total. The van der Waals surface area contributed by atoms with Crippen LogP contribution in [0, 0.1) is 6.92 Å². The Bertz CT molecular complexity index is 763. The Kier molecular flexibility index (Phi) is 6.53. The van der Waals surface area contributed by atoms with Gasteiger partial charge in [-0.15, -0.1) is 0 Å².